The summed E-state index contributed by atoms with van der Waals surface area (Å²) >= 11 is 1.67. The molecule has 1 spiro atoms. The summed E-state index contributed by atoms with van der Waals surface area (Å²) in [6, 6.07) is 0. The second kappa shape index (κ2) is 6.32. The van der Waals surface area contributed by atoms with Crippen LogP contribution in [0.3, 0.4) is 0 Å². The normalized spacial score (nSPS) is 28.1. The number of aryl methyl sites for hydroxylation is 1. The number of hydrogen-bond donors (Lipinski definition) is 1. The summed E-state index contributed by atoms with van der Waals surface area (Å²) in [6.45, 7) is 6.26. The number of aromatic amines is 1. The topological polar surface area (TPSA) is 63.3 Å². The number of hydrogen-bond acceptors (Lipinski definition) is 6. The van der Waals surface area contributed by atoms with E-state index in [1.165, 1.54) is 0 Å². The van der Waals surface area contributed by atoms with E-state index in [9.17, 15) is 0 Å². The average Bonchev–Trinajstić information content (AvgIpc) is 3.29. The molecule has 0 amide bonds. The predicted octanol–water partition coefficient (Wildman–Crippen LogP) is 2.12. The molecular weight excluding hydrogens is 312 g/mol. The van der Waals surface area contributed by atoms with Crippen LogP contribution in [0.5, 0.6) is 0 Å². The Bertz CT molecular complexity index is 644. The fourth-order valence-corrected chi connectivity index (χ4v) is 4.14. The van der Waals surface area contributed by atoms with E-state index in [0.717, 1.165) is 48.9 Å². The Balaban J connectivity index is 1.28. The van der Waals surface area contributed by atoms with E-state index >= 15 is 0 Å². The van der Waals surface area contributed by atoms with Crippen molar-refractivity contribution in [1.82, 2.24) is 19.9 Å². The number of imidazole rings is 1. The van der Waals surface area contributed by atoms with Crippen molar-refractivity contribution in [3.05, 3.63) is 34.3 Å². The minimum absolute atomic E-state index is 0.0251. The van der Waals surface area contributed by atoms with Gasteiger partial charge in [0.05, 0.1) is 41.9 Å². The molecular formula is C16H22N4O2S. The molecule has 2 aliphatic heterocycles. The van der Waals surface area contributed by atoms with Crippen LogP contribution < -0.4 is 0 Å². The fourth-order valence-electron chi connectivity index (χ4n) is 3.55. The molecule has 0 bridgehead atoms. The Kier molecular flexibility index (Phi) is 4.19. The van der Waals surface area contributed by atoms with Crippen molar-refractivity contribution < 1.29 is 9.47 Å². The maximum absolute atomic E-state index is 6.15. The third-order valence-corrected chi connectivity index (χ3v) is 5.48. The van der Waals surface area contributed by atoms with E-state index in [2.05, 4.69) is 25.2 Å². The standard InChI is InChI=1S/C16H22N4O2S/c1-12-19-14(9-23-12)7-21-15-4-16(22-8-15)2-3-20(10-16)6-13-5-17-11-18-13/h5,9,11,15H,2-4,6-8,10H2,1H3,(H,17,18)/t15-,16+/m0/s1. The van der Waals surface area contributed by atoms with Gasteiger partial charge in [0.25, 0.3) is 0 Å². The molecule has 0 saturated carbocycles. The van der Waals surface area contributed by atoms with Gasteiger partial charge in [-0.2, -0.15) is 0 Å². The number of ether oxygens (including phenoxy) is 2. The van der Waals surface area contributed by atoms with Crippen molar-refractivity contribution in [2.24, 2.45) is 0 Å². The molecule has 2 atom stereocenters. The molecule has 23 heavy (non-hydrogen) atoms. The van der Waals surface area contributed by atoms with Crippen LogP contribution in [0.4, 0.5) is 0 Å². The highest BCUT2D eigenvalue weighted by atomic mass is 32.1. The first-order chi connectivity index (χ1) is 11.2. The number of rotatable bonds is 5. The zero-order chi connectivity index (χ0) is 15.7. The summed E-state index contributed by atoms with van der Waals surface area (Å²) in [5.41, 5.74) is 2.16. The van der Waals surface area contributed by atoms with E-state index < -0.39 is 0 Å². The average molecular weight is 334 g/mol. The van der Waals surface area contributed by atoms with Crippen molar-refractivity contribution in [3.63, 3.8) is 0 Å². The van der Waals surface area contributed by atoms with Crippen molar-refractivity contribution in [2.75, 3.05) is 19.7 Å². The second-order valence-electron chi connectivity index (χ2n) is 6.53. The fraction of sp³-hybridized carbons (Fsp3) is 0.625. The highest BCUT2D eigenvalue weighted by molar-refractivity contribution is 7.09. The molecule has 2 aliphatic rings. The SMILES string of the molecule is Cc1nc(CO[C@@H]2CO[C@]3(CCN(Cc4cnc[nH]4)C3)C2)cs1. The first kappa shape index (κ1) is 15.3. The van der Waals surface area contributed by atoms with E-state index in [1.807, 2.05) is 13.1 Å². The minimum atomic E-state index is -0.0251. The summed E-state index contributed by atoms with van der Waals surface area (Å²) in [7, 11) is 0. The molecule has 2 aromatic heterocycles. The molecule has 124 valence electrons. The largest absolute Gasteiger partial charge is 0.371 e. The van der Waals surface area contributed by atoms with Crippen LogP contribution >= 0.6 is 11.3 Å². The van der Waals surface area contributed by atoms with Gasteiger partial charge in [0.2, 0.25) is 0 Å². The molecule has 2 aromatic rings. The lowest BCUT2D eigenvalue weighted by Gasteiger charge is -2.23. The van der Waals surface area contributed by atoms with Crippen LogP contribution in [-0.4, -0.2) is 51.3 Å². The first-order valence-electron chi connectivity index (χ1n) is 8.07. The van der Waals surface area contributed by atoms with Gasteiger partial charge in [0.15, 0.2) is 0 Å². The zero-order valence-corrected chi connectivity index (χ0v) is 14.1. The van der Waals surface area contributed by atoms with Crippen LogP contribution in [0.2, 0.25) is 0 Å². The monoisotopic (exact) mass is 334 g/mol. The van der Waals surface area contributed by atoms with Gasteiger partial charge in [-0.15, -0.1) is 11.3 Å². The molecule has 0 radical (unpaired) electrons. The van der Waals surface area contributed by atoms with E-state index in [-0.39, 0.29) is 11.7 Å². The number of nitrogens with zero attached hydrogens (tertiary/aromatic N) is 3. The zero-order valence-electron chi connectivity index (χ0n) is 13.3. The van der Waals surface area contributed by atoms with Crippen LogP contribution in [0.25, 0.3) is 0 Å². The van der Waals surface area contributed by atoms with Gasteiger partial charge in [-0.3, -0.25) is 4.90 Å². The Morgan fingerprint density at radius 2 is 2.52 bits per heavy atom. The Morgan fingerprint density at radius 1 is 1.57 bits per heavy atom. The lowest BCUT2D eigenvalue weighted by molar-refractivity contribution is -0.000792. The third kappa shape index (κ3) is 3.47. The number of likely N-dealkylation sites (tertiary alicyclic amines) is 1. The van der Waals surface area contributed by atoms with Crippen LogP contribution in [0.15, 0.2) is 17.9 Å². The first-order valence-corrected chi connectivity index (χ1v) is 8.95. The smallest absolute Gasteiger partial charge is 0.0922 e. The van der Waals surface area contributed by atoms with Crippen molar-refractivity contribution in [1.29, 1.82) is 0 Å². The second-order valence-corrected chi connectivity index (χ2v) is 7.59. The molecule has 0 aromatic carbocycles. The molecule has 0 aliphatic carbocycles. The van der Waals surface area contributed by atoms with Gasteiger partial charge >= 0.3 is 0 Å². The molecule has 6 nitrogen and oxygen atoms in total. The number of nitrogens with one attached hydrogen (secondary N) is 1. The lowest BCUT2D eigenvalue weighted by atomic mass is 9.98. The number of thiazole rings is 1. The van der Waals surface area contributed by atoms with Gasteiger partial charge in [-0.25, -0.2) is 9.97 Å². The highest BCUT2D eigenvalue weighted by Crippen LogP contribution is 2.36. The minimum Gasteiger partial charge on any atom is -0.371 e. The third-order valence-electron chi connectivity index (χ3n) is 4.65. The quantitative estimate of drug-likeness (QED) is 0.907. The number of H-pyrrole nitrogens is 1. The van der Waals surface area contributed by atoms with Gasteiger partial charge < -0.3 is 14.5 Å². The molecule has 2 fully saturated rings. The summed E-state index contributed by atoms with van der Waals surface area (Å²) in [6.07, 6.45) is 5.87. The highest BCUT2D eigenvalue weighted by Gasteiger charge is 2.45. The van der Waals surface area contributed by atoms with Crippen molar-refractivity contribution in [3.8, 4) is 0 Å². The number of aromatic nitrogens is 3. The molecule has 4 heterocycles. The van der Waals surface area contributed by atoms with Crippen LogP contribution in [0, 0.1) is 6.92 Å². The molecule has 7 heteroatoms. The summed E-state index contributed by atoms with van der Waals surface area (Å²) < 4.78 is 12.2. The van der Waals surface area contributed by atoms with Gasteiger partial charge in [0.1, 0.15) is 0 Å². The Labute approximate surface area is 139 Å². The molecule has 1 N–H and O–H groups in total. The Hall–Kier alpha value is -1.28. The van der Waals surface area contributed by atoms with Crippen molar-refractivity contribution >= 4 is 11.3 Å². The van der Waals surface area contributed by atoms with E-state index in [0.29, 0.717) is 13.2 Å². The molecule has 0 unspecified atom stereocenters. The molecule has 2 saturated heterocycles. The van der Waals surface area contributed by atoms with Crippen LogP contribution in [0.1, 0.15) is 29.2 Å². The van der Waals surface area contributed by atoms with Gasteiger partial charge in [0, 0.05) is 43.3 Å². The predicted molar refractivity (Wildman–Crippen MR) is 87.2 cm³/mol. The van der Waals surface area contributed by atoms with Crippen LogP contribution in [-0.2, 0) is 22.6 Å². The lowest BCUT2D eigenvalue weighted by Crippen LogP contribution is -2.33. The van der Waals surface area contributed by atoms with E-state index in [1.54, 1.807) is 17.7 Å². The summed E-state index contributed by atoms with van der Waals surface area (Å²) in [4.78, 5) is 14.1. The van der Waals surface area contributed by atoms with Crippen molar-refractivity contribution in [2.45, 2.75) is 44.6 Å². The van der Waals surface area contributed by atoms with Gasteiger partial charge in [-0.1, -0.05) is 0 Å². The Morgan fingerprint density at radius 3 is 3.30 bits per heavy atom. The summed E-state index contributed by atoms with van der Waals surface area (Å²) in [5.74, 6) is 0. The maximum Gasteiger partial charge on any atom is 0.0922 e. The maximum atomic E-state index is 6.15. The molecule has 4 rings (SSSR count). The van der Waals surface area contributed by atoms with Gasteiger partial charge in [-0.05, 0) is 13.3 Å². The summed E-state index contributed by atoms with van der Waals surface area (Å²) in [5, 5.41) is 3.16. The van der Waals surface area contributed by atoms with E-state index in [4.69, 9.17) is 9.47 Å².